The van der Waals surface area contributed by atoms with Crippen LogP contribution < -0.4 is 0 Å². The molecule has 0 unspecified atom stereocenters. The highest BCUT2D eigenvalue weighted by molar-refractivity contribution is 6.21. The second-order valence-electron chi connectivity index (χ2n) is 2.30. The predicted molar refractivity (Wildman–Crippen MR) is 40.4 cm³/mol. The SMILES string of the molecule is O=C(O)C1=CN=C2C=CC=C12. The van der Waals surface area contributed by atoms with E-state index < -0.39 is 5.97 Å². The molecule has 0 spiro atoms. The molecule has 54 valence electrons. The molecule has 0 radical (unpaired) electrons. The molecule has 0 aromatic rings. The summed E-state index contributed by atoms with van der Waals surface area (Å²) >= 11 is 0. The Bertz CT molecular complexity index is 345. The van der Waals surface area contributed by atoms with Gasteiger partial charge in [0.15, 0.2) is 0 Å². The van der Waals surface area contributed by atoms with E-state index in [0.29, 0.717) is 0 Å². The van der Waals surface area contributed by atoms with Gasteiger partial charge >= 0.3 is 5.97 Å². The first-order valence-electron chi connectivity index (χ1n) is 3.19. The maximum absolute atomic E-state index is 10.5. The second-order valence-corrected chi connectivity index (χ2v) is 2.30. The van der Waals surface area contributed by atoms with Crippen LogP contribution in [0.15, 0.2) is 40.6 Å². The summed E-state index contributed by atoms with van der Waals surface area (Å²) in [6.45, 7) is 0. The fraction of sp³-hybridized carbons (Fsp3) is 0. The molecule has 0 amide bonds. The Balaban J connectivity index is 2.41. The van der Waals surface area contributed by atoms with Gasteiger partial charge in [-0.15, -0.1) is 0 Å². The molecule has 1 aliphatic carbocycles. The molecule has 0 fully saturated rings. The molecule has 0 bridgehead atoms. The lowest BCUT2D eigenvalue weighted by molar-refractivity contribution is -0.132. The van der Waals surface area contributed by atoms with E-state index >= 15 is 0 Å². The molecule has 3 heteroatoms. The number of nitrogens with zero attached hydrogens (tertiary/aromatic N) is 1. The van der Waals surface area contributed by atoms with Gasteiger partial charge in [-0.1, -0.05) is 12.2 Å². The molecule has 0 atom stereocenters. The highest BCUT2D eigenvalue weighted by Crippen LogP contribution is 2.23. The predicted octanol–water partition coefficient (Wildman–Crippen LogP) is 0.906. The van der Waals surface area contributed by atoms with Crippen LogP contribution in [0.25, 0.3) is 0 Å². The van der Waals surface area contributed by atoms with Gasteiger partial charge in [0.25, 0.3) is 0 Å². The number of carboxylic acid groups (broad SMARTS) is 1. The van der Waals surface area contributed by atoms with Crippen LogP contribution in [0.1, 0.15) is 0 Å². The Morgan fingerprint density at radius 1 is 1.55 bits per heavy atom. The number of carboxylic acids is 1. The van der Waals surface area contributed by atoms with Crippen molar-refractivity contribution >= 4 is 11.7 Å². The van der Waals surface area contributed by atoms with Gasteiger partial charge in [-0.2, -0.15) is 0 Å². The highest BCUT2D eigenvalue weighted by atomic mass is 16.4. The minimum Gasteiger partial charge on any atom is -0.478 e. The van der Waals surface area contributed by atoms with E-state index in [-0.39, 0.29) is 5.57 Å². The van der Waals surface area contributed by atoms with Crippen LogP contribution in [0, 0.1) is 0 Å². The first-order valence-corrected chi connectivity index (χ1v) is 3.19. The first kappa shape index (κ1) is 6.09. The van der Waals surface area contributed by atoms with E-state index in [1.807, 2.05) is 0 Å². The lowest BCUT2D eigenvalue weighted by Crippen LogP contribution is -2.03. The van der Waals surface area contributed by atoms with Crippen molar-refractivity contribution in [1.82, 2.24) is 0 Å². The third-order valence-corrected chi connectivity index (χ3v) is 1.65. The molecule has 0 saturated heterocycles. The summed E-state index contributed by atoms with van der Waals surface area (Å²) in [7, 11) is 0. The summed E-state index contributed by atoms with van der Waals surface area (Å²) in [5, 5.41) is 8.65. The Labute approximate surface area is 63.1 Å². The molecule has 3 nitrogen and oxygen atoms in total. The normalized spacial score (nSPS) is 19.1. The number of fused-ring (bicyclic) bond motifs is 1. The topological polar surface area (TPSA) is 49.7 Å². The van der Waals surface area contributed by atoms with Gasteiger partial charge in [0.05, 0.1) is 11.3 Å². The molecule has 0 aromatic heterocycles. The smallest absolute Gasteiger partial charge is 0.337 e. The van der Waals surface area contributed by atoms with E-state index in [1.165, 1.54) is 6.20 Å². The Kier molecular flexibility index (Phi) is 1.06. The molecule has 0 aromatic carbocycles. The van der Waals surface area contributed by atoms with Crippen molar-refractivity contribution < 1.29 is 9.90 Å². The van der Waals surface area contributed by atoms with Crippen LogP contribution in [0.5, 0.6) is 0 Å². The fourth-order valence-electron chi connectivity index (χ4n) is 1.13. The third kappa shape index (κ3) is 0.741. The lowest BCUT2D eigenvalue weighted by atomic mass is 10.1. The molecule has 1 N–H and O–H groups in total. The maximum Gasteiger partial charge on any atom is 0.337 e. The van der Waals surface area contributed by atoms with Crippen molar-refractivity contribution in [2.75, 3.05) is 0 Å². The van der Waals surface area contributed by atoms with Crippen LogP contribution in [-0.2, 0) is 4.79 Å². The van der Waals surface area contributed by atoms with Crippen molar-refractivity contribution in [3.8, 4) is 0 Å². The van der Waals surface area contributed by atoms with Gasteiger partial charge in [0, 0.05) is 11.8 Å². The minimum absolute atomic E-state index is 0.282. The molecule has 11 heavy (non-hydrogen) atoms. The van der Waals surface area contributed by atoms with Crippen LogP contribution in [-0.4, -0.2) is 16.8 Å². The van der Waals surface area contributed by atoms with E-state index in [1.54, 1.807) is 18.2 Å². The van der Waals surface area contributed by atoms with E-state index in [9.17, 15) is 4.79 Å². The van der Waals surface area contributed by atoms with Crippen LogP contribution >= 0.6 is 0 Å². The molecule has 1 heterocycles. The number of allylic oxidation sites excluding steroid dienone is 3. The standard InChI is InChI=1S/C8H5NO2/c10-8(11)6-4-9-7-3-1-2-5(6)7/h1-4H,(H,10,11). The number of aliphatic imine (C=N–C) groups is 1. The number of carbonyl (C=O) groups is 1. The summed E-state index contributed by atoms with van der Waals surface area (Å²) < 4.78 is 0. The van der Waals surface area contributed by atoms with Gasteiger partial charge in [-0.05, 0) is 6.08 Å². The van der Waals surface area contributed by atoms with Gasteiger partial charge in [0.2, 0.25) is 0 Å². The Hall–Kier alpha value is -1.64. The number of aliphatic carboxylic acids is 1. The highest BCUT2D eigenvalue weighted by Gasteiger charge is 2.22. The third-order valence-electron chi connectivity index (χ3n) is 1.65. The molecular weight excluding hydrogens is 142 g/mol. The van der Waals surface area contributed by atoms with Crippen molar-refractivity contribution in [2.24, 2.45) is 4.99 Å². The zero-order chi connectivity index (χ0) is 7.84. The summed E-state index contributed by atoms with van der Waals surface area (Å²) in [5.74, 6) is -0.918. The number of rotatable bonds is 1. The first-order chi connectivity index (χ1) is 5.29. The maximum atomic E-state index is 10.5. The summed E-state index contributed by atoms with van der Waals surface area (Å²) in [5.41, 5.74) is 1.75. The summed E-state index contributed by atoms with van der Waals surface area (Å²) in [6.07, 6.45) is 6.73. The molecule has 0 saturated carbocycles. The van der Waals surface area contributed by atoms with Gasteiger partial charge in [-0.3, -0.25) is 4.99 Å². The van der Waals surface area contributed by atoms with E-state index in [2.05, 4.69) is 4.99 Å². The average molecular weight is 147 g/mol. The largest absolute Gasteiger partial charge is 0.478 e. The summed E-state index contributed by atoms with van der Waals surface area (Å²) in [4.78, 5) is 14.5. The lowest BCUT2D eigenvalue weighted by Gasteiger charge is -1.94. The van der Waals surface area contributed by atoms with Gasteiger partial charge < -0.3 is 5.11 Å². The van der Waals surface area contributed by atoms with Crippen molar-refractivity contribution in [2.45, 2.75) is 0 Å². The molecular formula is C8H5NO2. The van der Waals surface area contributed by atoms with E-state index in [4.69, 9.17) is 5.11 Å². The molecule has 2 rings (SSSR count). The van der Waals surface area contributed by atoms with Crippen LogP contribution in [0.4, 0.5) is 0 Å². The van der Waals surface area contributed by atoms with Crippen molar-refractivity contribution in [3.05, 3.63) is 35.6 Å². The quantitative estimate of drug-likeness (QED) is 0.599. The van der Waals surface area contributed by atoms with Gasteiger partial charge in [0.1, 0.15) is 0 Å². The summed E-state index contributed by atoms with van der Waals surface area (Å²) in [6, 6.07) is 0. The van der Waals surface area contributed by atoms with Crippen LogP contribution in [0.2, 0.25) is 0 Å². The average Bonchev–Trinajstić information content (AvgIpc) is 2.41. The zero-order valence-corrected chi connectivity index (χ0v) is 5.61. The van der Waals surface area contributed by atoms with E-state index in [0.717, 1.165) is 11.3 Å². The van der Waals surface area contributed by atoms with Crippen molar-refractivity contribution in [3.63, 3.8) is 0 Å². The number of hydrogen-bond donors (Lipinski definition) is 1. The fourth-order valence-corrected chi connectivity index (χ4v) is 1.13. The molecule has 2 aliphatic rings. The molecule has 1 aliphatic heterocycles. The van der Waals surface area contributed by atoms with Crippen LogP contribution in [0.3, 0.4) is 0 Å². The Morgan fingerprint density at radius 2 is 2.36 bits per heavy atom. The minimum atomic E-state index is -0.918. The van der Waals surface area contributed by atoms with Gasteiger partial charge in [-0.25, -0.2) is 4.79 Å². The van der Waals surface area contributed by atoms with Crippen molar-refractivity contribution in [1.29, 1.82) is 0 Å². The monoisotopic (exact) mass is 147 g/mol. The second kappa shape index (κ2) is 1.92. The number of hydrogen-bond acceptors (Lipinski definition) is 2. The Morgan fingerprint density at radius 3 is 3.09 bits per heavy atom. The zero-order valence-electron chi connectivity index (χ0n) is 5.61.